The lowest BCUT2D eigenvalue weighted by Crippen LogP contribution is -2.18. The zero-order valence-electron chi connectivity index (χ0n) is 6.91. The first kappa shape index (κ1) is 8.74. The van der Waals surface area contributed by atoms with E-state index in [-0.39, 0.29) is 0 Å². The van der Waals surface area contributed by atoms with Crippen LogP contribution in [0, 0.1) is 0 Å². The number of hydrogen-bond acceptors (Lipinski definition) is 0. The molecule has 0 nitrogen and oxygen atoms in total. The molecule has 0 saturated heterocycles. The van der Waals surface area contributed by atoms with Gasteiger partial charge in [0.15, 0.2) is 0 Å². The Bertz CT molecular complexity index is 133. The highest BCUT2D eigenvalue weighted by atomic mass is 28.3. The highest BCUT2D eigenvalue weighted by molar-refractivity contribution is 6.76. The average molecular weight is 140 g/mol. The van der Waals surface area contributed by atoms with Crippen molar-refractivity contribution in [3.8, 4) is 0 Å². The summed E-state index contributed by atoms with van der Waals surface area (Å²) in [6.45, 7) is 12.8. The minimum absolute atomic E-state index is 0.881. The smallest absolute Gasteiger partial charge is 0.0490 e. The van der Waals surface area contributed by atoms with Crippen molar-refractivity contribution in [1.82, 2.24) is 0 Å². The van der Waals surface area contributed by atoms with Gasteiger partial charge in [0.1, 0.15) is 0 Å². The Hall–Kier alpha value is -0.263. The van der Waals surface area contributed by atoms with Crippen molar-refractivity contribution in [1.29, 1.82) is 0 Å². The Morgan fingerprint density at radius 3 is 2.00 bits per heavy atom. The summed E-state index contributed by atoms with van der Waals surface area (Å²) in [7, 11) is -0.881. The molecule has 0 amide bonds. The lowest BCUT2D eigenvalue weighted by Gasteiger charge is -2.13. The Kier molecular flexibility index (Phi) is 2.96. The molecule has 0 rings (SSSR count). The Morgan fingerprint density at radius 1 is 1.44 bits per heavy atom. The van der Waals surface area contributed by atoms with E-state index >= 15 is 0 Å². The second kappa shape index (κ2) is 3.05. The van der Waals surface area contributed by atoms with Gasteiger partial charge in [-0.2, -0.15) is 0 Å². The summed E-state index contributed by atoms with van der Waals surface area (Å²) in [5.74, 6) is 0. The summed E-state index contributed by atoms with van der Waals surface area (Å²) < 4.78 is 0. The monoisotopic (exact) mass is 140 g/mol. The van der Waals surface area contributed by atoms with Crippen molar-refractivity contribution in [2.75, 3.05) is 0 Å². The van der Waals surface area contributed by atoms with Crippen LogP contribution in [0.2, 0.25) is 25.7 Å². The van der Waals surface area contributed by atoms with E-state index in [9.17, 15) is 0 Å². The van der Waals surface area contributed by atoms with Gasteiger partial charge in [0.25, 0.3) is 0 Å². The van der Waals surface area contributed by atoms with Crippen molar-refractivity contribution >= 4 is 8.07 Å². The maximum atomic E-state index is 3.60. The molecule has 0 fully saturated rings. The van der Waals surface area contributed by atoms with Crippen LogP contribution in [-0.2, 0) is 0 Å². The van der Waals surface area contributed by atoms with Gasteiger partial charge < -0.3 is 0 Å². The fourth-order valence-corrected chi connectivity index (χ4v) is 2.57. The van der Waals surface area contributed by atoms with Crippen LogP contribution in [0.3, 0.4) is 0 Å². The SMILES string of the molecule is C=C=C(C)C[Si](C)(C)C. The zero-order chi connectivity index (χ0) is 7.49. The summed E-state index contributed by atoms with van der Waals surface area (Å²) >= 11 is 0. The summed E-state index contributed by atoms with van der Waals surface area (Å²) in [6, 6.07) is 1.23. The molecule has 0 aromatic carbocycles. The standard InChI is InChI=1S/C8H16Si/c1-6-8(2)7-9(3,4)5/h1,7H2,2-5H3. The molecule has 0 bridgehead atoms. The fraction of sp³-hybridized carbons (Fsp3) is 0.625. The maximum absolute atomic E-state index is 3.60. The van der Waals surface area contributed by atoms with Crippen LogP contribution in [0.4, 0.5) is 0 Å². The van der Waals surface area contributed by atoms with Crippen LogP contribution in [-0.4, -0.2) is 8.07 Å². The molecule has 0 aliphatic carbocycles. The molecular weight excluding hydrogens is 124 g/mol. The third-order valence-electron chi connectivity index (χ3n) is 1.10. The van der Waals surface area contributed by atoms with Crippen LogP contribution in [0.5, 0.6) is 0 Å². The Morgan fingerprint density at radius 2 is 1.89 bits per heavy atom. The Balaban J connectivity index is 3.89. The van der Waals surface area contributed by atoms with Gasteiger partial charge >= 0.3 is 0 Å². The predicted octanol–water partition coefficient (Wildman–Crippen LogP) is 3.06. The van der Waals surface area contributed by atoms with Crippen LogP contribution >= 0.6 is 0 Å². The number of allylic oxidation sites excluding steroid dienone is 1. The van der Waals surface area contributed by atoms with E-state index < -0.39 is 8.07 Å². The van der Waals surface area contributed by atoms with E-state index in [1.165, 1.54) is 11.6 Å². The number of rotatable bonds is 2. The van der Waals surface area contributed by atoms with Gasteiger partial charge in [-0.25, -0.2) is 0 Å². The van der Waals surface area contributed by atoms with Gasteiger partial charge in [0.05, 0.1) is 0 Å². The van der Waals surface area contributed by atoms with Crippen molar-refractivity contribution in [2.24, 2.45) is 0 Å². The predicted molar refractivity (Wildman–Crippen MR) is 46.5 cm³/mol. The molecule has 0 saturated carbocycles. The first-order valence-electron chi connectivity index (χ1n) is 3.31. The van der Waals surface area contributed by atoms with Crippen LogP contribution in [0.1, 0.15) is 6.92 Å². The van der Waals surface area contributed by atoms with Crippen molar-refractivity contribution in [3.63, 3.8) is 0 Å². The third-order valence-corrected chi connectivity index (χ3v) is 2.69. The maximum Gasteiger partial charge on any atom is 0.0490 e. The topological polar surface area (TPSA) is 0 Å². The first-order valence-corrected chi connectivity index (χ1v) is 7.02. The van der Waals surface area contributed by atoms with Gasteiger partial charge in [0, 0.05) is 8.07 Å². The van der Waals surface area contributed by atoms with Gasteiger partial charge in [0.2, 0.25) is 0 Å². The van der Waals surface area contributed by atoms with Gasteiger partial charge in [-0.05, 0) is 18.5 Å². The average Bonchev–Trinajstić information content (AvgIpc) is 1.62. The van der Waals surface area contributed by atoms with E-state index in [1.807, 2.05) is 0 Å². The second-order valence-electron chi connectivity index (χ2n) is 3.69. The van der Waals surface area contributed by atoms with Crippen LogP contribution in [0.15, 0.2) is 17.9 Å². The Labute approximate surface area is 59.3 Å². The summed E-state index contributed by atoms with van der Waals surface area (Å²) in [5.41, 5.74) is 4.24. The minimum Gasteiger partial charge on any atom is -0.130 e. The molecule has 0 aliphatic rings. The van der Waals surface area contributed by atoms with E-state index in [0.717, 1.165) is 0 Å². The van der Waals surface area contributed by atoms with Gasteiger partial charge in [-0.1, -0.05) is 26.2 Å². The fourth-order valence-electron chi connectivity index (χ4n) is 0.858. The molecule has 0 spiro atoms. The highest BCUT2D eigenvalue weighted by Crippen LogP contribution is 2.13. The van der Waals surface area contributed by atoms with E-state index in [4.69, 9.17) is 0 Å². The quantitative estimate of drug-likeness (QED) is 0.408. The van der Waals surface area contributed by atoms with E-state index in [2.05, 4.69) is 38.9 Å². The molecule has 0 radical (unpaired) electrons. The first-order chi connectivity index (χ1) is 3.95. The lowest BCUT2D eigenvalue weighted by atomic mass is 10.4. The molecule has 0 aromatic rings. The summed E-state index contributed by atoms with van der Waals surface area (Å²) in [5, 5.41) is 0. The molecule has 52 valence electrons. The van der Waals surface area contributed by atoms with E-state index in [1.54, 1.807) is 0 Å². The minimum atomic E-state index is -0.881. The molecule has 0 unspecified atom stereocenters. The lowest BCUT2D eigenvalue weighted by molar-refractivity contribution is 1.33. The third kappa shape index (κ3) is 5.61. The van der Waals surface area contributed by atoms with Crippen molar-refractivity contribution in [3.05, 3.63) is 17.9 Å². The molecule has 9 heavy (non-hydrogen) atoms. The van der Waals surface area contributed by atoms with Crippen LogP contribution in [0.25, 0.3) is 0 Å². The van der Waals surface area contributed by atoms with Crippen molar-refractivity contribution in [2.45, 2.75) is 32.6 Å². The van der Waals surface area contributed by atoms with E-state index in [0.29, 0.717) is 0 Å². The second-order valence-corrected chi connectivity index (χ2v) is 9.17. The molecule has 1 heteroatoms. The molecule has 0 heterocycles. The normalized spacial score (nSPS) is 10.7. The molecule has 0 N–H and O–H groups in total. The molecular formula is C8H16Si. The summed E-state index contributed by atoms with van der Waals surface area (Å²) in [4.78, 5) is 0. The number of hydrogen-bond donors (Lipinski definition) is 0. The summed E-state index contributed by atoms with van der Waals surface area (Å²) in [6.07, 6.45) is 0. The molecule has 0 aliphatic heterocycles. The highest BCUT2D eigenvalue weighted by Gasteiger charge is 2.12. The zero-order valence-corrected chi connectivity index (χ0v) is 7.91. The van der Waals surface area contributed by atoms with Gasteiger partial charge in [-0.15, -0.1) is 5.73 Å². The van der Waals surface area contributed by atoms with Gasteiger partial charge in [-0.3, -0.25) is 0 Å². The molecule has 0 atom stereocenters. The largest absolute Gasteiger partial charge is 0.130 e. The van der Waals surface area contributed by atoms with Crippen molar-refractivity contribution < 1.29 is 0 Å². The molecule has 0 aromatic heterocycles. The van der Waals surface area contributed by atoms with Crippen LogP contribution < -0.4 is 0 Å².